The van der Waals surface area contributed by atoms with Crippen LogP contribution in [0.5, 0.6) is 5.88 Å². The van der Waals surface area contributed by atoms with Crippen LogP contribution >= 0.6 is 0 Å². The second kappa shape index (κ2) is 9.76. The van der Waals surface area contributed by atoms with Crippen molar-refractivity contribution < 1.29 is 31.1 Å². The van der Waals surface area contributed by atoms with Crippen LogP contribution in [0, 0.1) is 13.8 Å². The molecule has 4 bridgehead atoms. The van der Waals surface area contributed by atoms with Crippen molar-refractivity contribution in [2.75, 3.05) is 11.3 Å². The van der Waals surface area contributed by atoms with Crippen molar-refractivity contribution >= 4 is 21.9 Å². The molecule has 0 fully saturated rings. The molecule has 36 heavy (non-hydrogen) atoms. The van der Waals surface area contributed by atoms with Crippen molar-refractivity contribution in [1.82, 2.24) is 15.3 Å². The number of ether oxygens (including phenoxy) is 1. The number of carbonyl (C=O) groups excluding carboxylic acids is 1. The van der Waals surface area contributed by atoms with E-state index in [9.17, 15) is 26.4 Å². The van der Waals surface area contributed by atoms with E-state index in [-0.39, 0.29) is 28.9 Å². The van der Waals surface area contributed by atoms with Gasteiger partial charge < -0.3 is 10.1 Å². The molecule has 2 N–H and O–H groups in total. The van der Waals surface area contributed by atoms with Crippen molar-refractivity contribution in [3.8, 4) is 17.1 Å². The molecule has 0 saturated heterocycles. The van der Waals surface area contributed by atoms with Gasteiger partial charge in [0.25, 0.3) is 15.9 Å². The summed E-state index contributed by atoms with van der Waals surface area (Å²) in [6.07, 6.45) is -6.01. The number of hydrogen-bond donors (Lipinski definition) is 2. The maximum absolute atomic E-state index is 13.1. The van der Waals surface area contributed by atoms with Gasteiger partial charge >= 0.3 is 6.18 Å². The quantitative estimate of drug-likeness (QED) is 0.530. The number of carbonyl (C=O) groups is 1. The fourth-order valence-corrected chi connectivity index (χ4v) is 4.85. The van der Waals surface area contributed by atoms with Gasteiger partial charge in [0.1, 0.15) is 6.61 Å². The minimum absolute atomic E-state index is 0.0296. The van der Waals surface area contributed by atoms with E-state index >= 15 is 0 Å². The lowest BCUT2D eigenvalue weighted by Crippen LogP contribution is -2.40. The molecular formula is C24H23F3N4O4S. The minimum atomic E-state index is -4.43. The first-order chi connectivity index (χ1) is 16.9. The van der Waals surface area contributed by atoms with Crippen molar-refractivity contribution in [2.45, 2.75) is 43.8 Å². The van der Waals surface area contributed by atoms with Gasteiger partial charge in [0, 0.05) is 23.6 Å². The minimum Gasteiger partial charge on any atom is -0.475 e. The highest BCUT2D eigenvalue weighted by Crippen LogP contribution is 2.30. The van der Waals surface area contributed by atoms with Gasteiger partial charge in [0.05, 0.1) is 16.6 Å². The molecule has 1 atom stereocenters. The zero-order valence-corrected chi connectivity index (χ0v) is 20.2. The number of sulfonamides is 1. The number of aromatic nitrogens is 2. The standard InChI is InChI=1S/C24H23F3N4O4S/c1-14-5-3-6-15(2)21(14)19-12-20-30-23(29-19)31-36(33,34)18-8-4-7-16(11-18)22(32)28-17(13-35-20)9-10-24(25,26)27/h3-8,11-12,17H,9-10,13H2,1-2H3,(H,28,32)(H,29,30,31)/t17-/m1/s1. The number of rotatable bonds is 3. The highest BCUT2D eigenvalue weighted by Gasteiger charge is 2.30. The van der Waals surface area contributed by atoms with E-state index in [1.165, 1.54) is 24.3 Å². The zero-order valence-electron chi connectivity index (χ0n) is 19.4. The molecular weight excluding hydrogens is 497 g/mol. The Hall–Kier alpha value is -3.67. The Bertz CT molecular complexity index is 1390. The van der Waals surface area contributed by atoms with Gasteiger partial charge in [-0.25, -0.2) is 18.1 Å². The number of nitrogens with one attached hydrogen (secondary N) is 2. The third-order valence-corrected chi connectivity index (χ3v) is 6.94. The number of alkyl halides is 3. The molecule has 0 aliphatic carbocycles. The number of anilines is 1. The van der Waals surface area contributed by atoms with E-state index in [1.54, 1.807) is 0 Å². The molecule has 8 nitrogen and oxygen atoms in total. The average molecular weight is 521 g/mol. The maximum Gasteiger partial charge on any atom is 0.389 e. The van der Waals surface area contributed by atoms with Gasteiger partial charge in [-0.15, -0.1) is 0 Å². The van der Waals surface area contributed by atoms with Crippen molar-refractivity contribution in [2.24, 2.45) is 0 Å². The lowest BCUT2D eigenvalue weighted by molar-refractivity contribution is -0.136. The third kappa shape index (κ3) is 5.93. The second-order valence-electron chi connectivity index (χ2n) is 8.45. The van der Waals surface area contributed by atoms with E-state index in [0.29, 0.717) is 5.69 Å². The summed E-state index contributed by atoms with van der Waals surface area (Å²) in [5, 5.41) is 2.51. The monoisotopic (exact) mass is 520 g/mol. The Morgan fingerprint density at radius 3 is 2.44 bits per heavy atom. The molecule has 190 valence electrons. The summed E-state index contributed by atoms with van der Waals surface area (Å²) in [5.74, 6) is -1.06. The number of benzene rings is 2. The highest BCUT2D eigenvalue weighted by atomic mass is 32.2. The summed E-state index contributed by atoms with van der Waals surface area (Å²) >= 11 is 0. The molecule has 1 amide bonds. The van der Waals surface area contributed by atoms with E-state index in [1.807, 2.05) is 32.0 Å². The van der Waals surface area contributed by atoms with Crippen LogP contribution in [-0.4, -0.2) is 43.1 Å². The van der Waals surface area contributed by atoms with Crippen LogP contribution in [0.1, 0.15) is 34.3 Å². The molecule has 2 heterocycles. The zero-order chi connectivity index (χ0) is 26.1. The van der Waals surface area contributed by atoms with E-state index in [4.69, 9.17) is 4.74 Å². The summed E-state index contributed by atoms with van der Waals surface area (Å²) in [4.78, 5) is 21.0. The van der Waals surface area contributed by atoms with Gasteiger partial charge in [-0.05, 0) is 49.6 Å². The molecule has 0 unspecified atom stereocenters. The number of nitrogens with zero attached hydrogens (tertiary/aromatic N) is 2. The summed E-state index contributed by atoms with van der Waals surface area (Å²) in [6.45, 7) is 3.41. The van der Waals surface area contributed by atoms with Crippen LogP contribution in [0.2, 0.25) is 0 Å². The molecule has 1 aliphatic rings. The van der Waals surface area contributed by atoms with E-state index < -0.39 is 41.0 Å². The molecule has 0 spiro atoms. The van der Waals surface area contributed by atoms with Crippen molar-refractivity contribution in [3.63, 3.8) is 0 Å². The summed E-state index contributed by atoms with van der Waals surface area (Å²) in [6, 6.07) is 11.2. The van der Waals surface area contributed by atoms with Gasteiger partial charge in [-0.1, -0.05) is 24.3 Å². The predicted molar refractivity (Wildman–Crippen MR) is 126 cm³/mol. The Morgan fingerprint density at radius 1 is 1.06 bits per heavy atom. The van der Waals surface area contributed by atoms with Crippen LogP contribution in [0.15, 0.2) is 53.4 Å². The normalized spacial score (nSPS) is 17.5. The lowest BCUT2D eigenvalue weighted by atomic mass is 10.00. The van der Waals surface area contributed by atoms with Crippen LogP contribution in [0.25, 0.3) is 11.3 Å². The number of halogens is 3. The lowest BCUT2D eigenvalue weighted by Gasteiger charge is -2.20. The predicted octanol–water partition coefficient (Wildman–Crippen LogP) is 4.39. The number of amides is 1. The smallest absolute Gasteiger partial charge is 0.389 e. The Morgan fingerprint density at radius 2 is 1.75 bits per heavy atom. The first-order valence-corrected chi connectivity index (χ1v) is 12.5. The molecule has 1 aromatic heterocycles. The molecule has 1 aliphatic heterocycles. The second-order valence-corrected chi connectivity index (χ2v) is 10.1. The molecule has 3 aromatic rings. The van der Waals surface area contributed by atoms with Gasteiger partial charge in [0.15, 0.2) is 0 Å². The average Bonchev–Trinajstić information content (AvgIpc) is 2.79. The molecule has 12 heteroatoms. The molecule has 4 rings (SSSR count). The number of fused-ring (bicyclic) bond motifs is 4. The summed E-state index contributed by atoms with van der Waals surface area (Å²) < 4.78 is 72.8. The first kappa shape index (κ1) is 25.4. The van der Waals surface area contributed by atoms with Gasteiger partial charge in [-0.3, -0.25) is 4.79 Å². The van der Waals surface area contributed by atoms with Crippen LogP contribution in [0.3, 0.4) is 0 Å². The fourth-order valence-electron chi connectivity index (χ4n) is 3.86. The van der Waals surface area contributed by atoms with Crippen LogP contribution in [-0.2, 0) is 10.0 Å². The van der Waals surface area contributed by atoms with Gasteiger partial charge in [0.2, 0.25) is 11.8 Å². The van der Waals surface area contributed by atoms with Crippen LogP contribution in [0.4, 0.5) is 19.1 Å². The topological polar surface area (TPSA) is 110 Å². The molecule has 2 aromatic carbocycles. The van der Waals surface area contributed by atoms with Crippen molar-refractivity contribution in [3.05, 3.63) is 65.2 Å². The third-order valence-electron chi connectivity index (χ3n) is 5.62. The Kier molecular flexibility index (Phi) is 6.90. The number of hydrogen-bond acceptors (Lipinski definition) is 6. The van der Waals surface area contributed by atoms with Gasteiger partial charge in [-0.2, -0.15) is 18.2 Å². The largest absolute Gasteiger partial charge is 0.475 e. The van der Waals surface area contributed by atoms with Crippen LogP contribution < -0.4 is 14.8 Å². The summed E-state index contributed by atoms with van der Waals surface area (Å²) in [7, 11) is -4.20. The van der Waals surface area contributed by atoms with E-state index in [2.05, 4.69) is 20.0 Å². The molecule has 0 saturated carbocycles. The SMILES string of the molecule is Cc1cccc(C)c1-c1cc2nc(n1)NS(=O)(=O)c1cccc(c1)C(=O)N[C@H](CCC(F)(F)F)CO2. The Labute approximate surface area is 206 Å². The van der Waals surface area contributed by atoms with Crippen molar-refractivity contribution in [1.29, 1.82) is 0 Å². The number of aryl methyl sites for hydroxylation is 2. The Balaban J connectivity index is 1.82. The van der Waals surface area contributed by atoms with E-state index in [0.717, 1.165) is 22.8 Å². The summed E-state index contributed by atoms with van der Waals surface area (Å²) in [5.41, 5.74) is 2.81. The highest BCUT2D eigenvalue weighted by molar-refractivity contribution is 7.92. The fraction of sp³-hybridized carbons (Fsp3) is 0.292. The molecule has 0 radical (unpaired) electrons. The first-order valence-electron chi connectivity index (χ1n) is 11.0. The maximum atomic E-state index is 13.1.